The highest BCUT2D eigenvalue weighted by Gasteiger charge is 2.32. The monoisotopic (exact) mass is 255 g/mol. The molecule has 2 amide bonds. The number of hydrogen-bond acceptors (Lipinski definition) is 3. The van der Waals surface area contributed by atoms with Gasteiger partial charge in [-0.2, -0.15) is 0 Å². The summed E-state index contributed by atoms with van der Waals surface area (Å²) in [6.07, 6.45) is 2.40. The minimum absolute atomic E-state index is 0.0359. The Bertz CT molecular complexity index is 305. The molecule has 1 aliphatic rings. The van der Waals surface area contributed by atoms with Crippen LogP contribution in [0.5, 0.6) is 0 Å². The second-order valence-electron chi connectivity index (χ2n) is 5.37. The van der Waals surface area contributed by atoms with Crippen LogP contribution in [-0.4, -0.2) is 42.4 Å². The molecule has 0 aromatic rings. The molecule has 5 nitrogen and oxygen atoms in total. The number of nitrogens with one attached hydrogen (secondary N) is 1. The summed E-state index contributed by atoms with van der Waals surface area (Å²) in [7, 11) is 0. The number of carbonyl (C=O) groups excluding carboxylic acids is 2. The van der Waals surface area contributed by atoms with E-state index in [2.05, 4.69) is 5.32 Å². The third-order valence-electron chi connectivity index (χ3n) is 4.05. The van der Waals surface area contributed by atoms with Crippen molar-refractivity contribution in [1.29, 1.82) is 0 Å². The van der Waals surface area contributed by atoms with Crippen LogP contribution >= 0.6 is 0 Å². The topological polar surface area (TPSA) is 75.4 Å². The number of carbonyl (C=O) groups is 2. The number of piperidine rings is 1. The number of nitrogens with two attached hydrogens (primary N) is 1. The van der Waals surface area contributed by atoms with Crippen molar-refractivity contribution < 1.29 is 9.59 Å². The fraction of sp³-hybridized carbons (Fsp3) is 0.846. The first kappa shape index (κ1) is 15.0. The summed E-state index contributed by atoms with van der Waals surface area (Å²) in [5.41, 5.74) is 5.20. The Hall–Kier alpha value is -1.10. The van der Waals surface area contributed by atoms with Gasteiger partial charge < -0.3 is 16.0 Å². The van der Waals surface area contributed by atoms with Gasteiger partial charge in [0, 0.05) is 32.6 Å². The van der Waals surface area contributed by atoms with Crippen LogP contribution in [-0.2, 0) is 9.59 Å². The largest absolute Gasteiger partial charge is 0.353 e. The molecule has 0 saturated carbocycles. The molecule has 3 N–H and O–H groups in total. The molecule has 1 rings (SSSR count). The zero-order chi connectivity index (χ0) is 13.8. The van der Waals surface area contributed by atoms with E-state index in [1.54, 1.807) is 6.92 Å². The van der Waals surface area contributed by atoms with Gasteiger partial charge in [0.1, 0.15) is 0 Å². The standard InChI is InChI=1S/C13H25N3O2/c1-4-13(3,9-14)12(18)15-11-5-7-16(8-6-11)10(2)17/h11H,4-9,14H2,1-3H3,(H,15,18). The van der Waals surface area contributed by atoms with E-state index in [4.69, 9.17) is 5.73 Å². The van der Waals surface area contributed by atoms with Crippen LogP contribution in [0.4, 0.5) is 0 Å². The Morgan fingerprint density at radius 3 is 2.33 bits per heavy atom. The van der Waals surface area contributed by atoms with Crippen molar-refractivity contribution in [2.24, 2.45) is 11.1 Å². The molecule has 0 bridgehead atoms. The van der Waals surface area contributed by atoms with Gasteiger partial charge in [0.2, 0.25) is 11.8 Å². The normalized spacial score (nSPS) is 20.3. The van der Waals surface area contributed by atoms with Crippen LogP contribution in [0.25, 0.3) is 0 Å². The van der Waals surface area contributed by atoms with Crippen molar-refractivity contribution in [3.05, 3.63) is 0 Å². The van der Waals surface area contributed by atoms with Crippen LogP contribution in [0.3, 0.4) is 0 Å². The van der Waals surface area contributed by atoms with E-state index in [9.17, 15) is 9.59 Å². The minimum Gasteiger partial charge on any atom is -0.353 e. The fourth-order valence-corrected chi connectivity index (χ4v) is 2.10. The molecule has 1 aliphatic heterocycles. The lowest BCUT2D eigenvalue weighted by Crippen LogP contribution is -2.51. The SMILES string of the molecule is CCC(C)(CN)C(=O)NC1CCN(C(C)=O)CC1. The molecule has 1 unspecified atom stereocenters. The van der Waals surface area contributed by atoms with E-state index in [1.165, 1.54) is 0 Å². The second kappa shape index (κ2) is 6.18. The Balaban J connectivity index is 2.46. The maximum atomic E-state index is 12.1. The van der Waals surface area contributed by atoms with Gasteiger partial charge in [-0.1, -0.05) is 6.92 Å². The van der Waals surface area contributed by atoms with Gasteiger partial charge >= 0.3 is 0 Å². The van der Waals surface area contributed by atoms with Crippen LogP contribution < -0.4 is 11.1 Å². The van der Waals surface area contributed by atoms with E-state index in [0.717, 1.165) is 32.4 Å². The molecular weight excluding hydrogens is 230 g/mol. The summed E-state index contributed by atoms with van der Waals surface area (Å²) < 4.78 is 0. The predicted molar refractivity (Wildman–Crippen MR) is 70.9 cm³/mol. The lowest BCUT2D eigenvalue weighted by Gasteiger charge is -2.34. The molecule has 1 heterocycles. The summed E-state index contributed by atoms with van der Waals surface area (Å²) in [6.45, 7) is 7.28. The van der Waals surface area contributed by atoms with Crippen molar-refractivity contribution >= 4 is 11.8 Å². The van der Waals surface area contributed by atoms with Gasteiger partial charge in [0.25, 0.3) is 0 Å². The third-order valence-corrected chi connectivity index (χ3v) is 4.05. The highest BCUT2D eigenvalue weighted by atomic mass is 16.2. The summed E-state index contributed by atoms with van der Waals surface area (Å²) >= 11 is 0. The van der Waals surface area contributed by atoms with E-state index in [1.807, 2.05) is 18.7 Å². The maximum absolute atomic E-state index is 12.1. The smallest absolute Gasteiger partial charge is 0.227 e. The van der Waals surface area contributed by atoms with Gasteiger partial charge in [-0.25, -0.2) is 0 Å². The molecule has 18 heavy (non-hydrogen) atoms. The van der Waals surface area contributed by atoms with Gasteiger partial charge in [-0.05, 0) is 26.2 Å². The molecule has 0 aliphatic carbocycles. The van der Waals surface area contributed by atoms with E-state index >= 15 is 0 Å². The molecule has 0 aromatic heterocycles. The Labute approximate surface area is 109 Å². The molecule has 104 valence electrons. The van der Waals surface area contributed by atoms with Crippen molar-refractivity contribution in [2.75, 3.05) is 19.6 Å². The average molecular weight is 255 g/mol. The van der Waals surface area contributed by atoms with Gasteiger partial charge in [0.15, 0.2) is 0 Å². The number of nitrogens with zero attached hydrogens (tertiary/aromatic N) is 1. The van der Waals surface area contributed by atoms with Crippen molar-refractivity contribution in [1.82, 2.24) is 10.2 Å². The highest BCUT2D eigenvalue weighted by molar-refractivity contribution is 5.82. The number of amides is 2. The first-order chi connectivity index (χ1) is 8.42. The van der Waals surface area contributed by atoms with E-state index < -0.39 is 5.41 Å². The number of rotatable bonds is 4. The fourth-order valence-electron chi connectivity index (χ4n) is 2.10. The van der Waals surface area contributed by atoms with Crippen molar-refractivity contribution in [3.8, 4) is 0 Å². The highest BCUT2D eigenvalue weighted by Crippen LogP contribution is 2.20. The molecule has 1 atom stereocenters. The first-order valence-electron chi connectivity index (χ1n) is 6.69. The number of likely N-dealkylation sites (tertiary alicyclic amines) is 1. The van der Waals surface area contributed by atoms with Crippen LogP contribution in [0, 0.1) is 5.41 Å². The molecule has 5 heteroatoms. The van der Waals surface area contributed by atoms with Crippen molar-refractivity contribution in [3.63, 3.8) is 0 Å². The first-order valence-corrected chi connectivity index (χ1v) is 6.69. The van der Waals surface area contributed by atoms with Gasteiger partial charge in [0.05, 0.1) is 5.41 Å². The Morgan fingerprint density at radius 2 is 1.94 bits per heavy atom. The molecule has 0 spiro atoms. The number of hydrogen-bond donors (Lipinski definition) is 2. The quantitative estimate of drug-likeness (QED) is 0.767. The van der Waals surface area contributed by atoms with Crippen LogP contribution in [0.2, 0.25) is 0 Å². The second-order valence-corrected chi connectivity index (χ2v) is 5.37. The molecule has 0 radical (unpaired) electrons. The Kier molecular flexibility index (Phi) is 5.14. The zero-order valence-corrected chi connectivity index (χ0v) is 11.7. The minimum atomic E-state index is -0.474. The molecular formula is C13H25N3O2. The van der Waals surface area contributed by atoms with Crippen LogP contribution in [0.1, 0.15) is 40.0 Å². The average Bonchev–Trinajstić information content (AvgIpc) is 2.38. The lowest BCUT2D eigenvalue weighted by atomic mass is 9.86. The van der Waals surface area contributed by atoms with Crippen molar-refractivity contribution in [2.45, 2.75) is 46.1 Å². The van der Waals surface area contributed by atoms with Gasteiger partial charge in [-0.3, -0.25) is 9.59 Å². The summed E-state index contributed by atoms with van der Waals surface area (Å²) in [5.74, 6) is 0.147. The summed E-state index contributed by atoms with van der Waals surface area (Å²) in [5, 5.41) is 3.06. The maximum Gasteiger partial charge on any atom is 0.227 e. The zero-order valence-electron chi connectivity index (χ0n) is 11.7. The van der Waals surface area contributed by atoms with Gasteiger partial charge in [-0.15, -0.1) is 0 Å². The summed E-state index contributed by atoms with van der Waals surface area (Å²) in [6, 6.07) is 0.172. The lowest BCUT2D eigenvalue weighted by molar-refractivity contribution is -0.132. The van der Waals surface area contributed by atoms with E-state index in [-0.39, 0.29) is 17.9 Å². The third kappa shape index (κ3) is 3.45. The molecule has 0 aromatic carbocycles. The summed E-state index contributed by atoms with van der Waals surface area (Å²) in [4.78, 5) is 25.2. The predicted octanol–water partition coefficient (Wildman–Crippen LogP) is 0.489. The van der Waals surface area contributed by atoms with E-state index in [0.29, 0.717) is 6.54 Å². The molecule has 1 saturated heterocycles. The Morgan fingerprint density at radius 1 is 1.39 bits per heavy atom. The molecule has 1 fully saturated rings. The van der Waals surface area contributed by atoms with Crippen LogP contribution in [0.15, 0.2) is 0 Å².